The van der Waals surface area contributed by atoms with Gasteiger partial charge in [0.15, 0.2) is 0 Å². The van der Waals surface area contributed by atoms with Gasteiger partial charge in [0.2, 0.25) is 11.8 Å². The van der Waals surface area contributed by atoms with E-state index in [-0.39, 0.29) is 18.2 Å². The lowest BCUT2D eigenvalue weighted by molar-refractivity contribution is -0.127. The van der Waals surface area contributed by atoms with Crippen molar-refractivity contribution in [2.24, 2.45) is 0 Å². The molecule has 1 aromatic carbocycles. The lowest BCUT2D eigenvalue weighted by atomic mass is 9.89. The van der Waals surface area contributed by atoms with Gasteiger partial charge in [-0.2, -0.15) is 15.4 Å². The van der Waals surface area contributed by atoms with Gasteiger partial charge in [0, 0.05) is 32.1 Å². The Morgan fingerprint density at radius 3 is 3.05 bits per heavy atom. The number of H-pyrrole nitrogens is 1. The number of nitrogens with one attached hydrogen (secondary N) is 2. The fraction of sp³-hybridized carbons (Fsp3) is 0.333. The number of hydrogen-bond acceptors (Lipinski definition) is 4. The Hall–Kier alpha value is -2.70. The van der Waals surface area contributed by atoms with Gasteiger partial charge >= 0.3 is 0 Å². The SMILES string of the molecule is CN1C(=O)C[C@@H](C(=O)NCCc2cn[nH]n2)c2ccccc21. The van der Waals surface area contributed by atoms with Crippen molar-refractivity contribution in [2.75, 3.05) is 18.5 Å². The highest BCUT2D eigenvalue weighted by Crippen LogP contribution is 2.34. The van der Waals surface area contributed by atoms with Crippen LogP contribution >= 0.6 is 0 Å². The van der Waals surface area contributed by atoms with Crippen LogP contribution in [0.25, 0.3) is 0 Å². The Labute approximate surface area is 127 Å². The molecular weight excluding hydrogens is 282 g/mol. The van der Waals surface area contributed by atoms with E-state index in [4.69, 9.17) is 0 Å². The molecule has 0 radical (unpaired) electrons. The first kappa shape index (κ1) is 14.2. The summed E-state index contributed by atoms with van der Waals surface area (Å²) in [4.78, 5) is 26.1. The predicted octanol–water partition coefficient (Wildman–Crippen LogP) is 0.614. The molecule has 0 fully saturated rings. The molecule has 0 spiro atoms. The highest BCUT2D eigenvalue weighted by molar-refractivity contribution is 6.02. The number of aromatic amines is 1. The van der Waals surface area contributed by atoms with E-state index < -0.39 is 5.92 Å². The monoisotopic (exact) mass is 299 g/mol. The van der Waals surface area contributed by atoms with Crippen LogP contribution in [0.2, 0.25) is 0 Å². The van der Waals surface area contributed by atoms with Gasteiger partial charge in [0.05, 0.1) is 17.8 Å². The molecule has 7 nitrogen and oxygen atoms in total. The minimum atomic E-state index is -0.433. The third kappa shape index (κ3) is 2.69. The van der Waals surface area contributed by atoms with E-state index in [1.165, 1.54) is 0 Å². The normalized spacial score (nSPS) is 17.2. The summed E-state index contributed by atoms with van der Waals surface area (Å²) in [6.07, 6.45) is 2.42. The number of hydrogen-bond donors (Lipinski definition) is 2. The number of carbonyl (C=O) groups excluding carboxylic acids is 2. The summed E-state index contributed by atoms with van der Waals surface area (Å²) in [6, 6.07) is 7.52. The van der Waals surface area contributed by atoms with Gasteiger partial charge in [-0.25, -0.2) is 0 Å². The first-order valence-electron chi connectivity index (χ1n) is 7.14. The summed E-state index contributed by atoms with van der Waals surface area (Å²) in [6.45, 7) is 0.466. The van der Waals surface area contributed by atoms with Crippen molar-refractivity contribution in [3.05, 3.63) is 41.7 Å². The maximum Gasteiger partial charge on any atom is 0.228 e. The molecule has 3 rings (SSSR count). The largest absolute Gasteiger partial charge is 0.355 e. The molecule has 0 saturated heterocycles. The van der Waals surface area contributed by atoms with E-state index in [1.807, 2.05) is 24.3 Å². The minimum Gasteiger partial charge on any atom is -0.355 e. The predicted molar refractivity (Wildman–Crippen MR) is 80.3 cm³/mol. The Morgan fingerprint density at radius 1 is 1.45 bits per heavy atom. The third-order valence-corrected chi connectivity index (χ3v) is 3.89. The van der Waals surface area contributed by atoms with Crippen LogP contribution < -0.4 is 10.2 Å². The molecule has 2 heterocycles. The zero-order valence-electron chi connectivity index (χ0n) is 12.2. The standard InChI is InChI=1S/C15H17N5O2/c1-20-13-5-3-2-4-11(13)12(8-14(20)21)15(22)16-7-6-10-9-17-19-18-10/h2-5,9,12H,6-8H2,1H3,(H,16,22)(H,17,18,19)/t12-/m1/s1. The maximum absolute atomic E-state index is 12.4. The number of rotatable bonds is 4. The van der Waals surface area contributed by atoms with Crippen LogP contribution in [0.5, 0.6) is 0 Å². The maximum atomic E-state index is 12.4. The van der Waals surface area contributed by atoms with Crippen molar-refractivity contribution < 1.29 is 9.59 Å². The van der Waals surface area contributed by atoms with Gasteiger partial charge < -0.3 is 10.2 Å². The van der Waals surface area contributed by atoms with Gasteiger partial charge in [0.25, 0.3) is 0 Å². The smallest absolute Gasteiger partial charge is 0.228 e. The van der Waals surface area contributed by atoms with Crippen LogP contribution in [0.3, 0.4) is 0 Å². The van der Waals surface area contributed by atoms with Crippen molar-refractivity contribution in [3.8, 4) is 0 Å². The molecule has 2 N–H and O–H groups in total. The van der Waals surface area contributed by atoms with Gasteiger partial charge in [0.1, 0.15) is 0 Å². The zero-order valence-corrected chi connectivity index (χ0v) is 12.2. The Bertz CT molecular complexity index is 683. The highest BCUT2D eigenvalue weighted by Gasteiger charge is 2.33. The van der Waals surface area contributed by atoms with E-state index in [2.05, 4.69) is 20.7 Å². The third-order valence-electron chi connectivity index (χ3n) is 3.89. The number of fused-ring (bicyclic) bond motifs is 1. The van der Waals surface area contributed by atoms with Crippen LogP contribution in [-0.4, -0.2) is 40.8 Å². The van der Waals surface area contributed by atoms with Crippen LogP contribution in [0.1, 0.15) is 23.6 Å². The first-order valence-corrected chi connectivity index (χ1v) is 7.14. The summed E-state index contributed by atoms with van der Waals surface area (Å²) in [5.74, 6) is -0.607. The summed E-state index contributed by atoms with van der Waals surface area (Å²) in [5.41, 5.74) is 2.49. The minimum absolute atomic E-state index is 0.0460. The molecular formula is C15H17N5O2. The van der Waals surface area contributed by atoms with E-state index in [0.717, 1.165) is 16.9 Å². The molecule has 0 bridgehead atoms. The number of aromatic nitrogens is 3. The molecule has 1 atom stereocenters. The average molecular weight is 299 g/mol. The second kappa shape index (κ2) is 5.97. The van der Waals surface area contributed by atoms with Crippen molar-refractivity contribution in [2.45, 2.75) is 18.8 Å². The number of para-hydroxylation sites is 1. The molecule has 2 amide bonds. The lowest BCUT2D eigenvalue weighted by Crippen LogP contribution is -2.39. The quantitative estimate of drug-likeness (QED) is 0.865. The number of carbonyl (C=O) groups is 2. The second-order valence-electron chi connectivity index (χ2n) is 5.27. The van der Waals surface area contributed by atoms with Crippen molar-refractivity contribution in [3.63, 3.8) is 0 Å². The molecule has 1 aromatic heterocycles. The molecule has 7 heteroatoms. The molecule has 114 valence electrons. The van der Waals surface area contributed by atoms with Gasteiger partial charge in [-0.15, -0.1) is 0 Å². The summed E-state index contributed by atoms with van der Waals surface area (Å²) in [7, 11) is 1.74. The molecule has 22 heavy (non-hydrogen) atoms. The highest BCUT2D eigenvalue weighted by atomic mass is 16.2. The van der Waals surface area contributed by atoms with Crippen molar-refractivity contribution in [1.82, 2.24) is 20.7 Å². The number of benzene rings is 1. The average Bonchev–Trinajstić information content (AvgIpc) is 3.04. The van der Waals surface area contributed by atoms with E-state index in [1.54, 1.807) is 18.1 Å². The van der Waals surface area contributed by atoms with Crippen molar-refractivity contribution in [1.29, 1.82) is 0 Å². The molecule has 1 aliphatic heterocycles. The van der Waals surface area contributed by atoms with E-state index in [0.29, 0.717) is 13.0 Å². The van der Waals surface area contributed by atoms with E-state index in [9.17, 15) is 9.59 Å². The fourth-order valence-electron chi connectivity index (χ4n) is 2.66. The van der Waals surface area contributed by atoms with Gasteiger partial charge in [-0.1, -0.05) is 18.2 Å². The number of amides is 2. The molecule has 2 aromatic rings. The number of anilines is 1. The Kier molecular flexibility index (Phi) is 3.86. The van der Waals surface area contributed by atoms with E-state index >= 15 is 0 Å². The molecule has 1 aliphatic rings. The zero-order chi connectivity index (χ0) is 15.5. The Morgan fingerprint density at radius 2 is 2.27 bits per heavy atom. The molecule has 0 unspecified atom stereocenters. The second-order valence-corrected chi connectivity index (χ2v) is 5.27. The van der Waals surface area contributed by atoms with Crippen LogP contribution in [0.15, 0.2) is 30.5 Å². The fourth-order valence-corrected chi connectivity index (χ4v) is 2.66. The van der Waals surface area contributed by atoms with Crippen LogP contribution in [0.4, 0.5) is 5.69 Å². The number of nitrogens with zero attached hydrogens (tertiary/aromatic N) is 3. The summed E-state index contributed by atoms with van der Waals surface area (Å²) >= 11 is 0. The first-order chi connectivity index (χ1) is 10.7. The summed E-state index contributed by atoms with van der Waals surface area (Å²) < 4.78 is 0. The van der Waals surface area contributed by atoms with Gasteiger partial charge in [-0.05, 0) is 11.6 Å². The summed E-state index contributed by atoms with van der Waals surface area (Å²) in [5, 5.41) is 13.1. The van der Waals surface area contributed by atoms with Crippen LogP contribution in [-0.2, 0) is 16.0 Å². The topological polar surface area (TPSA) is 91.0 Å². The Balaban J connectivity index is 1.69. The van der Waals surface area contributed by atoms with Gasteiger partial charge in [-0.3, -0.25) is 9.59 Å². The molecule has 0 aliphatic carbocycles. The van der Waals surface area contributed by atoms with Crippen molar-refractivity contribution >= 4 is 17.5 Å². The van der Waals surface area contributed by atoms with Crippen LogP contribution in [0, 0.1) is 0 Å². The molecule has 0 saturated carbocycles. The lowest BCUT2D eigenvalue weighted by Gasteiger charge is -2.30.